The highest BCUT2D eigenvalue weighted by Gasteiger charge is 2.50. The number of fused-ring (bicyclic) bond motifs is 1. The van der Waals surface area contributed by atoms with Crippen LogP contribution in [0.15, 0.2) is 72.8 Å². The Morgan fingerprint density at radius 3 is 1.22 bits per heavy atom. The first kappa shape index (κ1) is 24.6. The highest BCUT2D eigenvalue weighted by molar-refractivity contribution is 6.31. The Hall–Kier alpha value is -1.71. The van der Waals surface area contributed by atoms with E-state index in [1.54, 1.807) is 12.1 Å². The third kappa shape index (κ3) is 5.16. The van der Waals surface area contributed by atoms with Crippen molar-refractivity contribution in [2.24, 2.45) is 0 Å². The van der Waals surface area contributed by atoms with Crippen LogP contribution in [0.25, 0.3) is 0 Å². The molecule has 0 radical (unpaired) electrons. The Bertz CT molecular complexity index is 1170. The summed E-state index contributed by atoms with van der Waals surface area (Å²) in [6.45, 7) is 0.607. The molecule has 0 aliphatic carbocycles. The molecular formula is C27H23Cl3O6. The molecule has 188 valence electrons. The first-order valence-electron chi connectivity index (χ1n) is 11.6. The fraction of sp³-hybridized carbons (Fsp3) is 0.333. The normalized spacial score (nSPS) is 32.2. The van der Waals surface area contributed by atoms with Crippen molar-refractivity contribution in [3.63, 3.8) is 0 Å². The van der Waals surface area contributed by atoms with Crippen LogP contribution in [0.5, 0.6) is 0 Å². The summed E-state index contributed by atoms with van der Waals surface area (Å²) in [6.07, 6.45) is -3.51. The number of ether oxygens (including phenoxy) is 6. The molecule has 0 bridgehead atoms. The minimum absolute atomic E-state index is 0.284. The molecule has 36 heavy (non-hydrogen) atoms. The largest absolute Gasteiger partial charge is 0.346 e. The molecule has 3 fully saturated rings. The first-order valence-corrected chi connectivity index (χ1v) is 12.8. The van der Waals surface area contributed by atoms with Gasteiger partial charge in [-0.15, -0.1) is 0 Å². The summed E-state index contributed by atoms with van der Waals surface area (Å²) in [5, 5.41) is 1.93. The molecule has 3 aromatic rings. The molecule has 0 saturated carbocycles. The minimum atomic E-state index is -0.641. The van der Waals surface area contributed by atoms with Gasteiger partial charge in [-0.3, -0.25) is 0 Å². The topological polar surface area (TPSA) is 55.4 Å². The number of benzene rings is 3. The van der Waals surface area contributed by atoms with Crippen molar-refractivity contribution < 1.29 is 28.4 Å². The van der Waals surface area contributed by atoms with Gasteiger partial charge in [0.25, 0.3) is 0 Å². The summed E-state index contributed by atoms with van der Waals surface area (Å²) in [6, 6.07) is 22.2. The molecule has 9 heteroatoms. The predicted molar refractivity (Wildman–Crippen MR) is 134 cm³/mol. The van der Waals surface area contributed by atoms with Crippen LogP contribution in [0.3, 0.4) is 0 Å². The number of hydrogen-bond acceptors (Lipinski definition) is 6. The third-order valence-electron chi connectivity index (χ3n) is 6.47. The van der Waals surface area contributed by atoms with Crippen molar-refractivity contribution in [3.8, 4) is 0 Å². The van der Waals surface area contributed by atoms with Crippen molar-refractivity contribution >= 4 is 34.8 Å². The van der Waals surface area contributed by atoms with E-state index in [2.05, 4.69) is 0 Å². The Morgan fingerprint density at radius 1 is 0.444 bits per heavy atom. The molecule has 0 aromatic heterocycles. The SMILES string of the molecule is Clc1ccc(C2OC[C@@H]3OC(c4ccc(Cl)cc4)O[C@@H]3[C@H]([C@H]3COC(c4ccc(Cl)cc4)O3)O2)cc1. The Balaban J connectivity index is 1.26. The van der Waals surface area contributed by atoms with Gasteiger partial charge in [-0.25, -0.2) is 0 Å². The zero-order valence-electron chi connectivity index (χ0n) is 19.0. The van der Waals surface area contributed by atoms with Crippen LogP contribution in [0.2, 0.25) is 15.1 Å². The van der Waals surface area contributed by atoms with Crippen LogP contribution in [-0.4, -0.2) is 37.6 Å². The lowest BCUT2D eigenvalue weighted by Gasteiger charge is -2.29. The smallest absolute Gasteiger partial charge is 0.184 e. The van der Waals surface area contributed by atoms with Gasteiger partial charge < -0.3 is 28.4 Å². The summed E-state index contributed by atoms with van der Waals surface area (Å²) in [5.74, 6) is 0. The van der Waals surface area contributed by atoms with Crippen LogP contribution in [-0.2, 0) is 28.4 Å². The monoisotopic (exact) mass is 548 g/mol. The molecule has 3 heterocycles. The molecule has 6 rings (SSSR count). The van der Waals surface area contributed by atoms with E-state index in [-0.39, 0.29) is 12.7 Å². The second-order valence-electron chi connectivity index (χ2n) is 8.87. The second kappa shape index (κ2) is 10.6. The lowest BCUT2D eigenvalue weighted by Crippen LogP contribution is -2.45. The van der Waals surface area contributed by atoms with Gasteiger partial charge in [0.15, 0.2) is 18.9 Å². The number of hydrogen-bond donors (Lipinski definition) is 0. The molecule has 3 aliphatic rings. The molecule has 7 atom stereocenters. The van der Waals surface area contributed by atoms with Gasteiger partial charge in [-0.2, -0.15) is 0 Å². The van der Waals surface area contributed by atoms with Crippen molar-refractivity contribution in [3.05, 3.63) is 105 Å². The first-order chi connectivity index (χ1) is 17.5. The maximum atomic E-state index is 6.52. The van der Waals surface area contributed by atoms with E-state index >= 15 is 0 Å². The summed E-state index contributed by atoms with van der Waals surface area (Å²) in [7, 11) is 0. The molecule has 3 saturated heterocycles. The van der Waals surface area contributed by atoms with Gasteiger partial charge in [0.05, 0.1) is 13.2 Å². The number of rotatable bonds is 4. The molecule has 3 unspecified atom stereocenters. The maximum absolute atomic E-state index is 6.52. The van der Waals surface area contributed by atoms with Crippen molar-refractivity contribution in [1.29, 1.82) is 0 Å². The summed E-state index contributed by atoms with van der Waals surface area (Å²) < 4.78 is 37.7. The van der Waals surface area contributed by atoms with E-state index in [1.807, 2.05) is 60.7 Å². The highest BCUT2D eigenvalue weighted by Crippen LogP contribution is 2.42. The van der Waals surface area contributed by atoms with E-state index in [0.29, 0.717) is 21.7 Å². The van der Waals surface area contributed by atoms with Gasteiger partial charge in [0.1, 0.15) is 24.4 Å². The fourth-order valence-electron chi connectivity index (χ4n) is 4.62. The van der Waals surface area contributed by atoms with Crippen molar-refractivity contribution in [2.45, 2.75) is 43.3 Å². The Kier molecular flexibility index (Phi) is 7.23. The molecule has 3 aromatic carbocycles. The minimum Gasteiger partial charge on any atom is -0.346 e. The van der Waals surface area contributed by atoms with Gasteiger partial charge in [0.2, 0.25) is 0 Å². The molecule has 3 aliphatic heterocycles. The van der Waals surface area contributed by atoms with Gasteiger partial charge in [-0.05, 0) is 36.4 Å². The van der Waals surface area contributed by atoms with Crippen molar-refractivity contribution in [1.82, 2.24) is 0 Å². The van der Waals surface area contributed by atoms with Crippen LogP contribution >= 0.6 is 34.8 Å². The van der Waals surface area contributed by atoms with Gasteiger partial charge in [0, 0.05) is 31.8 Å². The maximum Gasteiger partial charge on any atom is 0.184 e. The van der Waals surface area contributed by atoms with Crippen LogP contribution in [0.4, 0.5) is 0 Å². The van der Waals surface area contributed by atoms with Crippen molar-refractivity contribution in [2.75, 3.05) is 13.2 Å². The average molecular weight is 550 g/mol. The highest BCUT2D eigenvalue weighted by atomic mass is 35.5. The van der Waals surface area contributed by atoms with E-state index in [4.69, 9.17) is 63.2 Å². The predicted octanol–water partition coefficient (Wildman–Crippen LogP) is 6.66. The second-order valence-corrected chi connectivity index (χ2v) is 10.2. The average Bonchev–Trinajstić information content (AvgIpc) is 3.50. The van der Waals surface area contributed by atoms with Crippen LogP contribution < -0.4 is 0 Å². The summed E-state index contributed by atoms with van der Waals surface area (Å²) >= 11 is 18.2. The summed E-state index contributed by atoms with van der Waals surface area (Å²) in [5.41, 5.74) is 2.58. The van der Waals surface area contributed by atoms with E-state index < -0.39 is 37.2 Å². The lowest BCUT2D eigenvalue weighted by molar-refractivity contribution is -0.217. The summed E-state index contributed by atoms with van der Waals surface area (Å²) in [4.78, 5) is 0. The van der Waals surface area contributed by atoms with Crippen LogP contribution in [0, 0.1) is 0 Å². The lowest BCUT2D eigenvalue weighted by atomic mass is 10.0. The molecule has 0 spiro atoms. The van der Waals surface area contributed by atoms with Gasteiger partial charge >= 0.3 is 0 Å². The zero-order chi connectivity index (χ0) is 24.6. The standard InChI is InChI=1S/C27H23Cl3O6/c28-18-7-1-15(2-8-18)25-31-13-21(33-25)23-24-22(34-27(36-24)17-5-11-20(30)12-6-17)14-32-26(35-23)16-3-9-19(29)10-4-16/h1-12,21-27H,13-14H2/t21-,22+,23+,24+,25?,26?,27?/m1/s1. The van der Waals surface area contributed by atoms with Gasteiger partial charge in [-0.1, -0.05) is 71.2 Å². The quantitative estimate of drug-likeness (QED) is 0.363. The Morgan fingerprint density at radius 2 is 0.778 bits per heavy atom. The van der Waals surface area contributed by atoms with E-state index in [9.17, 15) is 0 Å². The number of halogens is 3. The Labute approximate surface area is 223 Å². The molecule has 0 amide bonds. The third-order valence-corrected chi connectivity index (χ3v) is 7.22. The zero-order valence-corrected chi connectivity index (χ0v) is 21.2. The van der Waals surface area contributed by atoms with Crippen LogP contribution in [0.1, 0.15) is 35.6 Å². The fourth-order valence-corrected chi connectivity index (χ4v) is 5.00. The van der Waals surface area contributed by atoms with E-state index in [0.717, 1.165) is 16.7 Å². The molecular weight excluding hydrogens is 527 g/mol. The van der Waals surface area contributed by atoms with E-state index in [1.165, 1.54) is 0 Å². The molecule has 6 nitrogen and oxygen atoms in total. The molecule has 0 N–H and O–H groups in total.